The first-order chi connectivity index (χ1) is 13.3. The molecule has 144 valence electrons. The van der Waals surface area contributed by atoms with Gasteiger partial charge in [0.2, 0.25) is 0 Å². The fraction of sp³-hybridized carbons (Fsp3) is 0.136. The quantitative estimate of drug-likeness (QED) is 0.399. The van der Waals surface area contributed by atoms with E-state index in [1.54, 1.807) is 0 Å². The number of nitrogens with one attached hydrogen (secondary N) is 1. The molecule has 0 radical (unpaired) electrons. The van der Waals surface area contributed by atoms with Crippen molar-refractivity contribution in [3.63, 3.8) is 0 Å². The van der Waals surface area contributed by atoms with Gasteiger partial charge in [-0.3, -0.25) is 5.43 Å². The fourth-order valence-corrected chi connectivity index (χ4v) is 2.70. The van der Waals surface area contributed by atoms with Crippen LogP contribution in [0.2, 0.25) is 0 Å². The third-order valence-electron chi connectivity index (χ3n) is 3.91. The summed E-state index contributed by atoms with van der Waals surface area (Å²) in [6.07, 6.45) is -2.85. The third-order valence-corrected chi connectivity index (χ3v) is 3.91. The lowest BCUT2D eigenvalue weighted by molar-refractivity contribution is -0.137. The van der Waals surface area contributed by atoms with E-state index in [-0.39, 0.29) is 5.69 Å². The van der Waals surface area contributed by atoms with Crippen molar-refractivity contribution in [3.05, 3.63) is 89.0 Å². The van der Waals surface area contributed by atoms with Crippen molar-refractivity contribution in [2.24, 2.45) is 5.10 Å². The zero-order chi connectivity index (χ0) is 20.1. The molecular weight excluding hydrogens is 365 g/mol. The maximum atomic E-state index is 12.7. The Hall–Kier alpha value is -3.28. The highest BCUT2D eigenvalue weighted by Gasteiger charge is 2.30. The van der Waals surface area contributed by atoms with Crippen LogP contribution in [0.1, 0.15) is 22.3 Å². The lowest BCUT2D eigenvalue weighted by Crippen LogP contribution is -2.05. The van der Waals surface area contributed by atoms with Crippen molar-refractivity contribution in [2.75, 3.05) is 5.43 Å². The molecule has 0 heterocycles. The first kappa shape index (κ1) is 19.5. The zero-order valence-electron chi connectivity index (χ0n) is 15.4. The van der Waals surface area contributed by atoms with E-state index in [4.69, 9.17) is 4.74 Å². The first-order valence-corrected chi connectivity index (χ1v) is 8.62. The summed E-state index contributed by atoms with van der Waals surface area (Å²) in [7, 11) is 0. The van der Waals surface area contributed by atoms with E-state index in [1.807, 2.05) is 50.2 Å². The molecule has 0 aliphatic carbocycles. The molecule has 6 heteroatoms. The second kappa shape index (κ2) is 8.17. The van der Waals surface area contributed by atoms with E-state index in [9.17, 15) is 13.2 Å². The van der Waals surface area contributed by atoms with Gasteiger partial charge in [0.1, 0.15) is 11.5 Å². The molecule has 0 aromatic heterocycles. The third kappa shape index (κ3) is 5.36. The minimum absolute atomic E-state index is 0.265. The second-order valence-corrected chi connectivity index (χ2v) is 6.44. The van der Waals surface area contributed by atoms with Crippen LogP contribution in [0.25, 0.3) is 0 Å². The molecule has 0 bridgehead atoms. The molecule has 0 saturated heterocycles. The average molecular weight is 384 g/mol. The first-order valence-electron chi connectivity index (χ1n) is 8.62. The van der Waals surface area contributed by atoms with Crippen LogP contribution >= 0.6 is 0 Å². The predicted octanol–water partition coefficient (Wildman–Crippen LogP) is 6.56. The Kier molecular flexibility index (Phi) is 5.68. The molecule has 0 aliphatic rings. The van der Waals surface area contributed by atoms with Gasteiger partial charge in [-0.15, -0.1) is 0 Å². The summed E-state index contributed by atoms with van der Waals surface area (Å²) >= 11 is 0. The summed E-state index contributed by atoms with van der Waals surface area (Å²) in [5.74, 6) is 1.46. The van der Waals surface area contributed by atoms with E-state index in [0.29, 0.717) is 5.75 Å². The molecule has 0 atom stereocenters. The molecular formula is C22H19F3N2O. The van der Waals surface area contributed by atoms with E-state index in [1.165, 1.54) is 18.3 Å². The molecule has 0 aliphatic heterocycles. The number of aryl methyl sites for hydroxylation is 2. The summed E-state index contributed by atoms with van der Waals surface area (Å²) in [6, 6.07) is 18.1. The standard InChI is InChI=1S/C22H19F3N2O/c1-15-10-16(2)12-21(11-15)28-20-8-6-17(7-9-20)14-26-27-19-5-3-4-18(13-19)22(23,24)25/h3-14,27H,1-2H3. The number of rotatable bonds is 5. The van der Waals surface area contributed by atoms with Gasteiger partial charge >= 0.3 is 6.18 Å². The molecule has 0 unspecified atom stereocenters. The van der Waals surface area contributed by atoms with Crippen LogP contribution in [0.15, 0.2) is 71.8 Å². The van der Waals surface area contributed by atoms with E-state index >= 15 is 0 Å². The molecule has 3 aromatic carbocycles. The number of ether oxygens (including phenoxy) is 1. The highest BCUT2D eigenvalue weighted by atomic mass is 19.4. The van der Waals surface area contributed by atoms with Gasteiger partial charge in [-0.2, -0.15) is 18.3 Å². The topological polar surface area (TPSA) is 33.6 Å². The van der Waals surface area contributed by atoms with Crippen molar-refractivity contribution in [3.8, 4) is 11.5 Å². The molecule has 0 saturated carbocycles. The van der Waals surface area contributed by atoms with Gasteiger partial charge < -0.3 is 4.74 Å². The highest BCUT2D eigenvalue weighted by Crippen LogP contribution is 2.30. The van der Waals surface area contributed by atoms with Gasteiger partial charge in [-0.1, -0.05) is 12.1 Å². The van der Waals surface area contributed by atoms with Crippen LogP contribution in [0.5, 0.6) is 11.5 Å². The number of alkyl halides is 3. The van der Waals surface area contributed by atoms with Gasteiger partial charge in [-0.05, 0) is 85.1 Å². The molecule has 3 aromatic rings. The van der Waals surface area contributed by atoms with Crippen LogP contribution in [0, 0.1) is 13.8 Å². The number of anilines is 1. The molecule has 1 N–H and O–H groups in total. The number of hydrogen-bond donors (Lipinski definition) is 1. The van der Waals surface area contributed by atoms with Gasteiger partial charge in [-0.25, -0.2) is 0 Å². The van der Waals surface area contributed by atoms with Crippen molar-refractivity contribution in [2.45, 2.75) is 20.0 Å². The molecule has 0 spiro atoms. The molecule has 28 heavy (non-hydrogen) atoms. The Bertz CT molecular complexity index is 960. The molecule has 3 nitrogen and oxygen atoms in total. The maximum Gasteiger partial charge on any atom is 0.416 e. The van der Waals surface area contributed by atoms with Gasteiger partial charge in [0.05, 0.1) is 17.5 Å². The van der Waals surface area contributed by atoms with Crippen molar-refractivity contribution in [1.29, 1.82) is 0 Å². The predicted molar refractivity (Wildman–Crippen MR) is 105 cm³/mol. The number of halogens is 3. The van der Waals surface area contributed by atoms with E-state index < -0.39 is 11.7 Å². The highest BCUT2D eigenvalue weighted by molar-refractivity contribution is 5.80. The summed E-state index contributed by atoms with van der Waals surface area (Å²) in [5, 5.41) is 3.99. The molecule has 0 amide bonds. The maximum absolute atomic E-state index is 12.7. The van der Waals surface area contributed by atoms with Crippen molar-refractivity contribution in [1.82, 2.24) is 0 Å². The van der Waals surface area contributed by atoms with E-state index in [2.05, 4.69) is 16.6 Å². The van der Waals surface area contributed by atoms with Gasteiger partial charge in [0.25, 0.3) is 0 Å². The average Bonchev–Trinajstić information content (AvgIpc) is 2.62. The Labute approximate surface area is 161 Å². The Morgan fingerprint density at radius 2 is 1.54 bits per heavy atom. The lowest BCUT2D eigenvalue weighted by Gasteiger charge is -2.08. The summed E-state index contributed by atoms with van der Waals surface area (Å²) in [6.45, 7) is 4.02. The van der Waals surface area contributed by atoms with Crippen molar-refractivity contribution < 1.29 is 17.9 Å². The molecule has 3 rings (SSSR count). The smallest absolute Gasteiger partial charge is 0.416 e. The lowest BCUT2D eigenvalue weighted by atomic mass is 10.1. The van der Waals surface area contributed by atoms with Crippen LogP contribution in [0.3, 0.4) is 0 Å². The monoisotopic (exact) mass is 384 g/mol. The summed E-state index contributed by atoms with van der Waals surface area (Å²) < 4.78 is 44.0. The van der Waals surface area contributed by atoms with Crippen LogP contribution < -0.4 is 10.2 Å². The summed E-state index contributed by atoms with van der Waals surface area (Å²) in [5.41, 5.74) is 5.19. The Balaban J connectivity index is 1.62. The number of hydrogen-bond acceptors (Lipinski definition) is 3. The second-order valence-electron chi connectivity index (χ2n) is 6.44. The van der Waals surface area contributed by atoms with Crippen LogP contribution in [0.4, 0.5) is 18.9 Å². The van der Waals surface area contributed by atoms with E-state index in [0.717, 1.165) is 34.6 Å². The Morgan fingerprint density at radius 3 is 2.18 bits per heavy atom. The van der Waals surface area contributed by atoms with Crippen LogP contribution in [-0.4, -0.2) is 6.21 Å². The minimum Gasteiger partial charge on any atom is -0.457 e. The molecule has 0 fully saturated rings. The SMILES string of the molecule is Cc1cc(C)cc(Oc2ccc(C=NNc3cccc(C(F)(F)F)c3)cc2)c1. The van der Waals surface area contributed by atoms with Gasteiger partial charge in [0.15, 0.2) is 0 Å². The van der Waals surface area contributed by atoms with Crippen LogP contribution in [-0.2, 0) is 6.18 Å². The van der Waals surface area contributed by atoms with Crippen molar-refractivity contribution >= 4 is 11.9 Å². The fourth-order valence-electron chi connectivity index (χ4n) is 2.70. The normalized spacial score (nSPS) is 11.6. The number of benzene rings is 3. The Morgan fingerprint density at radius 1 is 0.857 bits per heavy atom. The largest absolute Gasteiger partial charge is 0.457 e. The zero-order valence-corrected chi connectivity index (χ0v) is 15.4. The summed E-state index contributed by atoms with van der Waals surface area (Å²) in [4.78, 5) is 0. The van der Waals surface area contributed by atoms with Gasteiger partial charge in [0, 0.05) is 0 Å². The minimum atomic E-state index is -4.38. The number of nitrogens with zero attached hydrogens (tertiary/aromatic N) is 1. The number of hydrazone groups is 1.